The highest BCUT2D eigenvalue weighted by Crippen LogP contribution is 2.33. The van der Waals surface area contributed by atoms with Gasteiger partial charge < -0.3 is 4.74 Å². The van der Waals surface area contributed by atoms with Gasteiger partial charge in [-0.3, -0.25) is 4.90 Å². The predicted molar refractivity (Wildman–Crippen MR) is 74.3 cm³/mol. The van der Waals surface area contributed by atoms with E-state index < -0.39 is 0 Å². The van der Waals surface area contributed by atoms with E-state index in [9.17, 15) is 5.26 Å². The third kappa shape index (κ3) is 4.26. The van der Waals surface area contributed by atoms with Crippen LogP contribution >= 0.6 is 0 Å². The zero-order valence-corrected chi connectivity index (χ0v) is 12.2. The molecule has 0 amide bonds. The lowest BCUT2D eigenvalue weighted by atomic mass is 9.77. The second kappa shape index (κ2) is 8.50. The quantitative estimate of drug-likeness (QED) is 0.653. The van der Waals surface area contributed by atoms with E-state index in [1.165, 1.54) is 19.3 Å². The first-order valence-electron chi connectivity index (χ1n) is 7.48. The molecule has 1 rings (SSSR count). The smallest absolute Gasteiger partial charge is 0.0672 e. The molecule has 3 nitrogen and oxygen atoms in total. The van der Waals surface area contributed by atoms with Crippen LogP contribution in [-0.2, 0) is 4.74 Å². The lowest BCUT2D eigenvalue weighted by molar-refractivity contribution is 0.0611. The van der Waals surface area contributed by atoms with Crippen LogP contribution in [0.2, 0.25) is 0 Å². The lowest BCUT2D eigenvalue weighted by Crippen LogP contribution is -2.45. The van der Waals surface area contributed by atoms with Gasteiger partial charge in [0.15, 0.2) is 0 Å². The molecule has 1 aliphatic carbocycles. The molecular weight excluding hydrogens is 224 g/mol. The minimum Gasteiger partial charge on any atom is -0.380 e. The maximum Gasteiger partial charge on any atom is 0.0672 e. The van der Waals surface area contributed by atoms with Gasteiger partial charge in [0.05, 0.1) is 18.6 Å². The molecule has 1 aliphatic rings. The van der Waals surface area contributed by atoms with Crippen LogP contribution in [0.15, 0.2) is 0 Å². The molecule has 3 atom stereocenters. The standard InChI is InChI=1S/C15H28N2O/c1-4-13-7-8-14(12-16)15(11-13)17(5-2)9-10-18-6-3/h13-15H,4-11H2,1-3H3. The molecule has 0 radical (unpaired) electrons. The Hall–Kier alpha value is -0.590. The molecule has 104 valence electrons. The molecule has 1 saturated carbocycles. The van der Waals surface area contributed by atoms with E-state index in [1.807, 2.05) is 6.92 Å². The van der Waals surface area contributed by atoms with Crippen LogP contribution in [0, 0.1) is 23.2 Å². The Labute approximate surface area is 112 Å². The van der Waals surface area contributed by atoms with Gasteiger partial charge in [-0.05, 0) is 38.6 Å². The molecule has 0 aromatic carbocycles. The van der Waals surface area contributed by atoms with E-state index in [0.29, 0.717) is 6.04 Å². The van der Waals surface area contributed by atoms with Crippen LogP contribution in [0.1, 0.15) is 46.5 Å². The van der Waals surface area contributed by atoms with Gasteiger partial charge in [0.1, 0.15) is 0 Å². The SMILES string of the molecule is CCOCCN(CC)C1CC(CC)CCC1C#N. The van der Waals surface area contributed by atoms with Crippen LogP contribution in [0.4, 0.5) is 0 Å². The van der Waals surface area contributed by atoms with E-state index >= 15 is 0 Å². The fraction of sp³-hybridized carbons (Fsp3) is 0.933. The molecule has 0 aromatic heterocycles. The molecule has 3 unspecified atom stereocenters. The molecule has 0 heterocycles. The molecule has 0 spiro atoms. The fourth-order valence-electron chi connectivity index (χ4n) is 3.04. The van der Waals surface area contributed by atoms with Crippen molar-refractivity contribution in [2.45, 2.75) is 52.5 Å². The summed E-state index contributed by atoms with van der Waals surface area (Å²) in [6, 6.07) is 2.97. The monoisotopic (exact) mass is 252 g/mol. The summed E-state index contributed by atoms with van der Waals surface area (Å²) in [6.45, 7) is 10.0. The number of nitrogens with zero attached hydrogens (tertiary/aromatic N) is 2. The van der Waals surface area contributed by atoms with Crippen LogP contribution < -0.4 is 0 Å². The first-order valence-corrected chi connectivity index (χ1v) is 7.48. The van der Waals surface area contributed by atoms with Crippen LogP contribution in [0.5, 0.6) is 0 Å². The topological polar surface area (TPSA) is 36.3 Å². The highest BCUT2D eigenvalue weighted by Gasteiger charge is 2.33. The molecule has 18 heavy (non-hydrogen) atoms. The molecule has 0 bridgehead atoms. The van der Waals surface area contributed by atoms with E-state index in [1.54, 1.807) is 0 Å². The van der Waals surface area contributed by atoms with Gasteiger partial charge in [-0.25, -0.2) is 0 Å². The Morgan fingerprint density at radius 3 is 2.61 bits per heavy atom. The summed E-state index contributed by atoms with van der Waals surface area (Å²) in [4.78, 5) is 2.45. The third-order valence-corrected chi connectivity index (χ3v) is 4.27. The lowest BCUT2D eigenvalue weighted by Gasteiger charge is -2.39. The van der Waals surface area contributed by atoms with Gasteiger partial charge in [0.25, 0.3) is 0 Å². The Bertz CT molecular complexity index is 262. The maximum absolute atomic E-state index is 9.33. The molecule has 0 saturated heterocycles. The molecular formula is C15H28N2O. The number of ether oxygens (including phenoxy) is 1. The van der Waals surface area contributed by atoms with Gasteiger partial charge >= 0.3 is 0 Å². The fourth-order valence-corrected chi connectivity index (χ4v) is 3.04. The van der Waals surface area contributed by atoms with Crippen LogP contribution in [-0.4, -0.2) is 37.2 Å². The van der Waals surface area contributed by atoms with Crippen molar-refractivity contribution in [3.05, 3.63) is 0 Å². The van der Waals surface area contributed by atoms with Crippen molar-refractivity contribution in [3.63, 3.8) is 0 Å². The van der Waals surface area contributed by atoms with Crippen LogP contribution in [0.25, 0.3) is 0 Å². The number of rotatable bonds is 7. The summed E-state index contributed by atoms with van der Waals surface area (Å²) in [6.07, 6.45) is 4.74. The van der Waals surface area contributed by atoms with Crippen molar-refractivity contribution < 1.29 is 4.74 Å². The molecule has 0 aromatic rings. The van der Waals surface area contributed by atoms with Gasteiger partial charge in [-0.1, -0.05) is 20.3 Å². The highest BCUT2D eigenvalue weighted by atomic mass is 16.5. The summed E-state index contributed by atoms with van der Waals surface area (Å²) in [5.41, 5.74) is 0. The average Bonchev–Trinajstić information content (AvgIpc) is 2.43. The minimum absolute atomic E-state index is 0.217. The number of hydrogen-bond acceptors (Lipinski definition) is 3. The van der Waals surface area contributed by atoms with Crippen molar-refractivity contribution in [2.24, 2.45) is 11.8 Å². The summed E-state index contributed by atoms with van der Waals surface area (Å²) < 4.78 is 5.45. The molecule has 0 aliphatic heterocycles. The average molecular weight is 252 g/mol. The van der Waals surface area contributed by atoms with Crippen molar-refractivity contribution in [3.8, 4) is 6.07 Å². The highest BCUT2D eigenvalue weighted by molar-refractivity contribution is 4.97. The van der Waals surface area contributed by atoms with E-state index in [2.05, 4.69) is 24.8 Å². The van der Waals surface area contributed by atoms with Crippen molar-refractivity contribution in [1.29, 1.82) is 5.26 Å². The Morgan fingerprint density at radius 1 is 1.28 bits per heavy atom. The Kier molecular flexibility index (Phi) is 7.31. The third-order valence-electron chi connectivity index (χ3n) is 4.27. The molecule has 1 fully saturated rings. The van der Waals surface area contributed by atoms with Gasteiger partial charge in [0, 0.05) is 19.2 Å². The first-order chi connectivity index (χ1) is 8.76. The zero-order chi connectivity index (χ0) is 13.4. The van der Waals surface area contributed by atoms with Crippen molar-refractivity contribution >= 4 is 0 Å². The Balaban J connectivity index is 2.58. The second-order valence-corrected chi connectivity index (χ2v) is 5.22. The van der Waals surface area contributed by atoms with Crippen LogP contribution in [0.3, 0.4) is 0 Å². The van der Waals surface area contributed by atoms with E-state index in [-0.39, 0.29) is 5.92 Å². The van der Waals surface area contributed by atoms with Gasteiger partial charge in [0.2, 0.25) is 0 Å². The second-order valence-electron chi connectivity index (χ2n) is 5.22. The van der Waals surface area contributed by atoms with E-state index in [4.69, 9.17) is 4.74 Å². The summed E-state index contributed by atoms with van der Waals surface area (Å²) in [5.74, 6) is 1.02. The van der Waals surface area contributed by atoms with Crippen molar-refractivity contribution in [1.82, 2.24) is 4.90 Å². The zero-order valence-electron chi connectivity index (χ0n) is 12.2. The summed E-state index contributed by atoms with van der Waals surface area (Å²) >= 11 is 0. The van der Waals surface area contributed by atoms with Crippen molar-refractivity contribution in [2.75, 3.05) is 26.3 Å². The Morgan fingerprint density at radius 2 is 2.06 bits per heavy atom. The number of nitriles is 1. The minimum atomic E-state index is 0.217. The van der Waals surface area contributed by atoms with Gasteiger partial charge in [-0.15, -0.1) is 0 Å². The normalized spacial score (nSPS) is 28.3. The largest absolute Gasteiger partial charge is 0.380 e. The molecule has 3 heteroatoms. The van der Waals surface area contributed by atoms with E-state index in [0.717, 1.165) is 38.6 Å². The number of likely N-dealkylation sites (N-methyl/N-ethyl adjacent to an activating group) is 1. The first kappa shape index (κ1) is 15.5. The maximum atomic E-state index is 9.33. The summed E-state index contributed by atoms with van der Waals surface area (Å²) in [7, 11) is 0. The van der Waals surface area contributed by atoms with Gasteiger partial charge in [-0.2, -0.15) is 5.26 Å². The summed E-state index contributed by atoms with van der Waals surface area (Å²) in [5, 5.41) is 9.33. The predicted octanol–water partition coefficient (Wildman–Crippen LogP) is 3.06. The molecule has 0 N–H and O–H groups in total. The number of hydrogen-bond donors (Lipinski definition) is 0.